The van der Waals surface area contributed by atoms with Crippen LogP contribution in [0.15, 0.2) is 60.7 Å². The second kappa shape index (κ2) is 7.12. The summed E-state index contributed by atoms with van der Waals surface area (Å²) >= 11 is 0. The average Bonchev–Trinajstić information content (AvgIpc) is 3.17. The first-order valence-corrected chi connectivity index (χ1v) is 9.85. The Morgan fingerprint density at radius 3 is 2.17 bits per heavy atom. The Balaban J connectivity index is 1.86. The van der Waals surface area contributed by atoms with Crippen molar-refractivity contribution >= 4 is 23.5 Å². The molecule has 150 valence electrons. The number of carboxylic acid groups (broad SMARTS) is 1. The molecule has 0 bridgehead atoms. The number of fused-ring (bicyclic) bond motifs is 1. The quantitative estimate of drug-likeness (QED) is 0.764. The molecule has 6 heteroatoms. The van der Waals surface area contributed by atoms with Crippen LogP contribution in [0.3, 0.4) is 0 Å². The Kier molecular flexibility index (Phi) is 4.74. The molecule has 0 spiro atoms. The minimum Gasteiger partial charge on any atom is -0.480 e. The molecule has 2 aliphatic rings. The highest BCUT2D eigenvalue weighted by Crippen LogP contribution is 2.51. The lowest BCUT2D eigenvalue weighted by molar-refractivity contribution is -0.149. The van der Waals surface area contributed by atoms with Gasteiger partial charge in [-0.05, 0) is 30.0 Å². The molecule has 2 aliphatic heterocycles. The van der Waals surface area contributed by atoms with Gasteiger partial charge < -0.3 is 5.11 Å². The van der Waals surface area contributed by atoms with Gasteiger partial charge in [0.2, 0.25) is 11.8 Å². The fourth-order valence-electron chi connectivity index (χ4n) is 4.90. The first-order chi connectivity index (χ1) is 13.9. The van der Waals surface area contributed by atoms with E-state index in [1.165, 1.54) is 4.90 Å². The summed E-state index contributed by atoms with van der Waals surface area (Å²) in [6.07, 6.45) is 0.258. The number of rotatable bonds is 5. The summed E-state index contributed by atoms with van der Waals surface area (Å²) in [4.78, 5) is 40.6. The highest BCUT2D eigenvalue weighted by Gasteiger charge is 2.68. The Morgan fingerprint density at radius 1 is 1.03 bits per heavy atom. The van der Waals surface area contributed by atoms with Crippen molar-refractivity contribution in [2.75, 3.05) is 4.90 Å². The number of carbonyl (C=O) groups is 3. The van der Waals surface area contributed by atoms with Crippen molar-refractivity contribution < 1.29 is 19.5 Å². The van der Waals surface area contributed by atoms with Gasteiger partial charge in [0.1, 0.15) is 5.54 Å². The van der Waals surface area contributed by atoms with E-state index < -0.39 is 35.3 Å². The Hall–Kier alpha value is -2.99. The molecule has 2 fully saturated rings. The molecule has 4 atom stereocenters. The number of anilines is 1. The predicted octanol–water partition coefficient (Wildman–Crippen LogP) is 3.01. The monoisotopic (exact) mass is 392 g/mol. The number of nitrogens with one attached hydrogen (secondary N) is 1. The number of carbonyl (C=O) groups excluding carboxylic acids is 2. The fourth-order valence-corrected chi connectivity index (χ4v) is 4.90. The van der Waals surface area contributed by atoms with Crippen LogP contribution in [-0.4, -0.2) is 28.4 Å². The number of carboxylic acids is 1. The third-order valence-corrected chi connectivity index (χ3v) is 5.94. The van der Waals surface area contributed by atoms with Crippen molar-refractivity contribution in [2.45, 2.75) is 31.8 Å². The minimum absolute atomic E-state index is 0.0300. The van der Waals surface area contributed by atoms with Gasteiger partial charge in [-0.3, -0.25) is 19.7 Å². The second-order valence-corrected chi connectivity index (χ2v) is 8.26. The van der Waals surface area contributed by atoms with E-state index in [2.05, 4.69) is 5.32 Å². The van der Waals surface area contributed by atoms with Crippen molar-refractivity contribution in [3.8, 4) is 0 Å². The van der Waals surface area contributed by atoms with Gasteiger partial charge in [0, 0.05) is 6.04 Å². The van der Waals surface area contributed by atoms with Crippen LogP contribution in [0.25, 0.3) is 0 Å². The summed E-state index contributed by atoms with van der Waals surface area (Å²) < 4.78 is 0. The predicted molar refractivity (Wildman–Crippen MR) is 108 cm³/mol. The molecular formula is C23H24N2O4. The van der Waals surface area contributed by atoms with Crippen LogP contribution in [0.2, 0.25) is 0 Å². The van der Waals surface area contributed by atoms with Gasteiger partial charge in [-0.2, -0.15) is 0 Å². The van der Waals surface area contributed by atoms with Crippen molar-refractivity contribution in [1.29, 1.82) is 0 Å². The highest BCUT2D eigenvalue weighted by molar-refractivity contribution is 6.24. The molecule has 0 saturated carbocycles. The fraction of sp³-hybridized carbons (Fsp3) is 0.348. The minimum atomic E-state index is -1.49. The zero-order valence-electron chi connectivity index (χ0n) is 16.4. The van der Waals surface area contributed by atoms with Crippen LogP contribution >= 0.6 is 0 Å². The van der Waals surface area contributed by atoms with E-state index in [1.807, 2.05) is 50.2 Å². The van der Waals surface area contributed by atoms with Crippen LogP contribution < -0.4 is 10.2 Å². The maximum Gasteiger partial charge on any atom is 0.324 e. The summed E-state index contributed by atoms with van der Waals surface area (Å²) in [5.41, 5.74) is -0.201. The van der Waals surface area contributed by atoms with Crippen LogP contribution in [-0.2, 0) is 14.4 Å². The molecule has 2 aromatic carbocycles. The Bertz CT molecular complexity index is 944. The van der Waals surface area contributed by atoms with Gasteiger partial charge in [0.05, 0.1) is 17.5 Å². The van der Waals surface area contributed by atoms with Crippen LogP contribution in [0, 0.1) is 17.8 Å². The summed E-state index contributed by atoms with van der Waals surface area (Å²) in [6.45, 7) is 3.85. The number of nitrogens with zero attached hydrogens (tertiary/aromatic N) is 1. The number of hydrogen-bond donors (Lipinski definition) is 2. The van der Waals surface area contributed by atoms with Gasteiger partial charge in [0.15, 0.2) is 0 Å². The molecule has 2 heterocycles. The maximum atomic E-state index is 13.5. The molecule has 2 N–H and O–H groups in total. The Labute approximate surface area is 169 Å². The van der Waals surface area contributed by atoms with E-state index >= 15 is 0 Å². The first kappa shape index (κ1) is 19.3. The van der Waals surface area contributed by atoms with Crippen molar-refractivity contribution in [1.82, 2.24) is 5.32 Å². The summed E-state index contributed by atoms with van der Waals surface area (Å²) in [7, 11) is 0. The molecule has 4 rings (SSSR count). The number of aliphatic carboxylic acids is 1. The van der Waals surface area contributed by atoms with Crippen molar-refractivity contribution in [2.24, 2.45) is 17.8 Å². The van der Waals surface area contributed by atoms with E-state index in [4.69, 9.17) is 0 Å². The third-order valence-electron chi connectivity index (χ3n) is 5.94. The summed E-state index contributed by atoms with van der Waals surface area (Å²) in [5.74, 6) is -3.57. The smallest absolute Gasteiger partial charge is 0.324 e. The van der Waals surface area contributed by atoms with Crippen LogP contribution in [0.4, 0.5) is 5.69 Å². The molecule has 0 radical (unpaired) electrons. The van der Waals surface area contributed by atoms with E-state index in [1.54, 1.807) is 24.3 Å². The van der Waals surface area contributed by atoms with Crippen LogP contribution in [0.5, 0.6) is 0 Å². The van der Waals surface area contributed by atoms with E-state index in [0.717, 1.165) is 5.56 Å². The molecule has 2 amide bonds. The molecule has 2 aromatic rings. The molecule has 4 unspecified atom stereocenters. The van der Waals surface area contributed by atoms with Crippen LogP contribution in [0.1, 0.15) is 31.9 Å². The second-order valence-electron chi connectivity index (χ2n) is 8.26. The molecular weight excluding hydrogens is 368 g/mol. The SMILES string of the molecule is CC(C)CC1(C(=O)O)NC(c2ccccc2)C2C(=O)N(c3ccccc3)C(=O)C21. The molecule has 0 aromatic heterocycles. The van der Waals surface area contributed by atoms with Crippen molar-refractivity contribution in [3.05, 3.63) is 66.2 Å². The van der Waals surface area contributed by atoms with Crippen molar-refractivity contribution in [3.63, 3.8) is 0 Å². The van der Waals surface area contributed by atoms with E-state index in [0.29, 0.717) is 5.69 Å². The van der Waals surface area contributed by atoms with E-state index in [-0.39, 0.29) is 18.2 Å². The Morgan fingerprint density at radius 2 is 1.62 bits per heavy atom. The molecule has 6 nitrogen and oxygen atoms in total. The summed E-state index contributed by atoms with van der Waals surface area (Å²) in [5, 5.41) is 13.5. The zero-order valence-corrected chi connectivity index (χ0v) is 16.4. The van der Waals surface area contributed by atoms with Gasteiger partial charge in [-0.1, -0.05) is 62.4 Å². The topological polar surface area (TPSA) is 86.7 Å². The van der Waals surface area contributed by atoms with Gasteiger partial charge in [-0.25, -0.2) is 4.90 Å². The van der Waals surface area contributed by atoms with E-state index in [9.17, 15) is 19.5 Å². The van der Waals surface area contributed by atoms with Gasteiger partial charge in [0.25, 0.3) is 0 Å². The molecule has 0 aliphatic carbocycles. The standard InChI is InChI=1S/C23H24N2O4/c1-14(2)13-23(22(28)29)18-17(19(24-23)15-9-5-3-6-10-15)20(26)25(21(18)27)16-11-7-4-8-12-16/h3-12,14,17-19,24H,13H2,1-2H3,(H,28,29). The maximum absolute atomic E-state index is 13.5. The number of para-hydroxylation sites is 1. The normalized spacial score (nSPS) is 28.8. The summed E-state index contributed by atoms with van der Waals surface area (Å²) in [6, 6.07) is 17.5. The zero-order chi connectivity index (χ0) is 20.8. The number of hydrogen-bond acceptors (Lipinski definition) is 4. The highest BCUT2D eigenvalue weighted by atomic mass is 16.4. The lowest BCUT2D eigenvalue weighted by Gasteiger charge is -2.32. The average molecular weight is 392 g/mol. The van der Waals surface area contributed by atoms with Gasteiger partial charge >= 0.3 is 5.97 Å². The molecule has 2 saturated heterocycles. The number of benzene rings is 2. The largest absolute Gasteiger partial charge is 0.480 e. The first-order valence-electron chi connectivity index (χ1n) is 9.85. The lowest BCUT2D eigenvalue weighted by atomic mass is 9.75. The molecule has 29 heavy (non-hydrogen) atoms. The third kappa shape index (κ3) is 2.95. The van der Waals surface area contributed by atoms with Gasteiger partial charge in [-0.15, -0.1) is 0 Å². The number of imide groups is 1. The lowest BCUT2D eigenvalue weighted by Crippen LogP contribution is -2.56. The number of amides is 2.